The molecule has 0 bridgehead atoms. The molecule has 1 heterocycles. The minimum Gasteiger partial charge on any atom is -0.497 e. The SMILES string of the molecule is COc1cccc(CC(=O)N[C@@H](c2ncccc2C)C(C)C)c1. The van der Waals surface area contributed by atoms with Gasteiger partial charge < -0.3 is 10.1 Å². The molecular weight excluding hydrogens is 288 g/mol. The minimum atomic E-state index is -0.0886. The van der Waals surface area contributed by atoms with Gasteiger partial charge in [0.25, 0.3) is 0 Å². The second-order valence-electron chi connectivity index (χ2n) is 6.02. The average molecular weight is 312 g/mol. The number of nitrogens with one attached hydrogen (secondary N) is 1. The lowest BCUT2D eigenvalue weighted by Crippen LogP contribution is -2.33. The third-order valence-electron chi connectivity index (χ3n) is 3.83. The molecule has 0 saturated carbocycles. The summed E-state index contributed by atoms with van der Waals surface area (Å²) in [5, 5.41) is 3.12. The molecule has 1 aromatic carbocycles. The lowest BCUT2D eigenvalue weighted by molar-refractivity contribution is -0.121. The Labute approximate surface area is 137 Å². The van der Waals surface area contributed by atoms with E-state index in [-0.39, 0.29) is 17.9 Å². The number of aryl methyl sites for hydroxylation is 1. The quantitative estimate of drug-likeness (QED) is 0.889. The molecule has 1 N–H and O–H groups in total. The van der Waals surface area contributed by atoms with Crippen molar-refractivity contribution in [1.82, 2.24) is 10.3 Å². The highest BCUT2D eigenvalue weighted by atomic mass is 16.5. The molecule has 23 heavy (non-hydrogen) atoms. The van der Waals surface area contributed by atoms with Crippen LogP contribution in [0.4, 0.5) is 0 Å². The average Bonchev–Trinajstić information content (AvgIpc) is 2.53. The Bertz CT molecular complexity index is 668. The molecule has 2 rings (SSSR count). The van der Waals surface area contributed by atoms with Crippen molar-refractivity contribution in [2.24, 2.45) is 5.92 Å². The number of rotatable bonds is 6. The van der Waals surface area contributed by atoms with Gasteiger partial charge in [-0.15, -0.1) is 0 Å². The van der Waals surface area contributed by atoms with Crippen molar-refractivity contribution >= 4 is 5.91 Å². The zero-order valence-corrected chi connectivity index (χ0v) is 14.2. The van der Waals surface area contributed by atoms with Crippen molar-refractivity contribution in [3.05, 3.63) is 59.4 Å². The van der Waals surface area contributed by atoms with Gasteiger partial charge in [0.05, 0.1) is 25.3 Å². The van der Waals surface area contributed by atoms with Crippen LogP contribution in [0.1, 0.15) is 36.7 Å². The number of carbonyl (C=O) groups is 1. The summed E-state index contributed by atoms with van der Waals surface area (Å²) >= 11 is 0. The standard InChI is InChI=1S/C19H24N2O2/c1-13(2)18(19-14(3)7-6-10-20-19)21-17(22)12-15-8-5-9-16(11-15)23-4/h5-11,13,18H,12H2,1-4H3,(H,21,22)/t18-/m1/s1. The summed E-state index contributed by atoms with van der Waals surface area (Å²) in [6, 6.07) is 11.4. The smallest absolute Gasteiger partial charge is 0.224 e. The van der Waals surface area contributed by atoms with Gasteiger partial charge in [0.1, 0.15) is 5.75 Å². The molecule has 1 atom stereocenters. The summed E-state index contributed by atoms with van der Waals surface area (Å²) in [6.45, 7) is 6.20. The molecule has 1 amide bonds. The maximum atomic E-state index is 12.4. The largest absolute Gasteiger partial charge is 0.497 e. The number of amides is 1. The van der Waals surface area contributed by atoms with E-state index in [0.29, 0.717) is 6.42 Å². The molecule has 4 heteroatoms. The summed E-state index contributed by atoms with van der Waals surface area (Å²) in [6.07, 6.45) is 2.10. The third-order valence-corrected chi connectivity index (χ3v) is 3.83. The minimum absolute atomic E-state index is 0.0120. The maximum absolute atomic E-state index is 12.4. The first-order chi connectivity index (χ1) is 11.0. The lowest BCUT2D eigenvalue weighted by Gasteiger charge is -2.23. The molecule has 0 aliphatic rings. The van der Waals surface area contributed by atoms with Gasteiger partial charge in [-0.2, -0.15) is 0 Å². The fourth-order valence-electron chi connectivity index (χ4n) is 2.57. The summed E-state index contributed by atoms with van der Waals surface area (Å²) in [5.74, 6) is 1.01. The Balaban J connectivity index is 2.11. The topological polar surface area (TPSA) is 51.2 Å². The van der Waals surface area contributed by atoms with E-state index in [9.17, 15) is 4.79 Å². The Morgan fingerprint density at radius 2 is 2.04 bits per heavy atom. The molecule has 1 aromatic heterocycles. The van der Waals surface area contributed by atoms with Crippen molar-refractivity contribution in [2.75, 3.05) is 7.11 Å². The fourth-order valence-corrected chi connectivity index (χ4v) is 2.57. The van der Waals surface area contributed by atoms with Gasteiger partial charge in [0, 0.05) is 6.20 Å². The summed E-state index contributed by atoms with van der Waals surface area (Å²) < 4.78 is 5.20. The van der Waals surface area contributed by atoms with E-state index in [1.54, 1.807) is 13.3 Å². The van der Waals surface area contributed by atoms with Crippen LogP contribution in [0.3, 0.4) is 0 Å². The van der Waals surface area contributed by atoms with Crippen LogP contribution < -0.4 is 10.1 Å². The van der Waals surface area contributed by atoms with Crippen molar-refractivity contribution < 1.29 is 9.53 Å². The summed E-state index contributed by atoms with van der Waals surface area (Å²) in [5.41, 5.74) is 2.96. The number of benzene rings is 1. The van der Waals surface area contributed by atoms with Gasteiger partial charge in [0.15, 0.2) is 0 Å². The third kappa shape index (κ3) is 4.55. The number of pyridine rings is 1. The van der Waals surface area contributed by atoms with Crippen LogP contribution >= 0.6 is 0 Å². The molecule has 2 aromatic rings. The number of ether oxygens (including phenoxy) is 1. The number of hydrogen-bond donors (Lipinski definition) is 1. The van der Waals surface area contributed by atoms with E-state index in [1.165, 1.54) is 0 Å². The predicted molar refractivity (Wildman–Crippen MR) is 91.4 cm³/mol. The Morgan fingerprint density at radius 1 is 1.26 bits per heavy atom. The normalized spacial score (nSPS) is 12.0. The molecule has 4 nitrogen and oxygen atoms in total. The van der Waals surface area contributed by atoms with Crippen molar-refractivity contribution in [2.45, 2.75) is 33.2 Å². The van der Waals surface area contributed by atoms with Crippen LogP contribution in [0.2, 0.25) is 0 Å². The van der Waals surface area contributed by atoms with Gasteiger partial charge in [-0.05, 0) is 42.2 Å². The van der Waals surface area contributed by atoms with E-state index in [0.717, 1.165) is 22.6 Å². The summed E-state index contributed by atoms with van der Waals surface area (Å²) in [4.78, 5) is 16.9. The highest BCUT2D eigenvalue weighted by Gasteiger charge is 2.21. The molecule has 0 spiro atoms. The van der Waals surface area contributed by atoms with Crippen LogP contribution in [0.5, 0.6) is 5.75 Å². The summed E-state index contributed by atoms with van der Waals surface area (Å²) in [7, 11) is 1.62. The highest BCUT2D eigenvalue weighted by molar-refractivity contribution is 5.79. The number of aromatic nitrogens is 1. The van der Waals surface area contributed by atoms with Crippen LogP contribution in [0, 0.1) is 12.8 Å². The Hall–Kier alpha value is -2.36. The number of methoxy groups -OCH3 is 1. The number of hydrogen-bond acceptors (Lipinski definition) is 3. The molecule has 0 radical (unpaired) electrons. The first kappa shape index (κ1) is 17.0. The van der Waals surface area contributed by atoms with E-state index in [2.05, 4.69) is 24.1 Å². The van der Waals surface area contributed by atoms with Crippen molar-refractivity contribution in [3.8, 4) is 5.75 Å². The second kappa shape index (κ2) is 7.77. The van der Waals surface area contributed by atoms with Crippen LogP contribution in [0.25, 0.3) is 0 Å². The van der Waals surface area contributed by atoms with Crippen molar-refractivity contribution in [1.29, 1.82) is 0 Å². The molecule has 0 fully saturated rings. The lowest BCUT2D eigenvalue weighted by atomic mass is 9.97. The van der Waals surface area contributed by atoms with E-state index in [1.807, 2.05) is 43.3 Å². The van der Waals surface area contributed by atoms with Crippen LogP contribution in [-0.2, 0) is 11.2 Å². The Morgan fingerprint density at radius 3 is 2.70 bits per heavy atom. The van der Waals surface area contributed by atoms with E-state index in [4.69, 9.17) is 4.74 Å². The first-order valence-electron chi connectivity index (χ1n) is 7.85. The molecule has 0 aliphatic heterocycles. The highest BCUT2D eigenvalue weighted by Crippen LogP contribution is 2.23. The number of nitrogens with zero attached hydrogens (tertiary/aromatic N) is 1. The van der Waals surface area contributed by atoms with Gasteiger partial charge >= 0.3 is 0 Å². The predicted octanol–water partition coefficient (Wildman–Crippen LogP) is 3.45. The zero-order chi connectivity index (χ0) is 16.8. The van der Waals surface area contributed by atoms with E-state index >= 15 is 0 Å². The van der Waals surface area contributed by atoms with Gasteiger partial charge in [-0.3, -0.25) is 9.78 Å². The molecule has 122 valence electrons. The van der Waals surface area contributed by atoms with Gasteiger partial charge in [-0.25, -0.2) is 0 Å². The molecular formula is C19H24N2O2. The van der Waals surface area contributed by atoms with E-state index < -0.39 is 0 Å². The first-order valence-corrected chi connectivity index (χ1v) is 7.85. The maximum Gasteiger partial charge on any atom is 0.224 e. The van der Waals surface area contributed by atoms with Crippen LogP contribution in [-0.4, -0.2) is 18.0 Å². The molecule has 0 aliphatic carbocycles. The zero-order valence-electron chi connectivity index (χ0n) is 14.2. The monoisotopic (exact) mass is 312 g/mol. The number of carbonyl (C=O) groups excluding carboxylic acids is 1. The van der Waals surface area contributed by atoms with Gasteiger partial charge in [-0.1, -0.05) is 32.0 Å². The van der Waals surface area contributed by atoms with Crippen LogP contribution in [0.15, 0.2) is 42.6 Å². The Kier molecular flexibility index (Phi) is 5.74. The fraction of sp³-hybridized carbons (Fsp3) is 0.368. The van der Waals surface area contributed by atoms with Gasteiger partial charge in [0.2, 0.25) is 5.91 Å². The molecule has 0 saturated heterocycles. The van der Waals surface area contributed by atoms with Crippen molar-refractivity contribution in [3.63, 3.8) is 0 Å². The molecule has 0 unspecified atom stereocenters. The second-order valence-corrected chi connectivity index (χ2v) is 6.02.